The van der Waals surface area contributed by atoms with Crippen molar-refractivity contribution < 1.29 is 9.53 Å². The van der Waals surface area contributed by atoms with Crippen LogP contribution in [0.25, 0.3) is 0 Å². The molecule has 0 N–H and O–H groups in total. The van der Waals surface area contributed by atoms with Gasteiger partial charge in [0.05, 0.1) is 5.56 Å². The van der Waals surface area contributed by atoms with Crippen molar-refractivity contribution in [1.29, 1.82) is 0 Å². The molecule has 1 aliphatic rings. The third-order valence-electron chi connectivity index (χ3n) is 4.96. The van der Waals surface area contributed by atoms with Crippen molar-refractivity contribution >= 4 is 5.97 Å². The fourth-order valence-electron chi connectivity index (χ4n) is 3.32. The van der Waals surface area contributed by atoms with Gasteiger partial charge in [0.2, 0.25) is 0 Å². The number of benzene rings is 1. The summed E-state index contributed by atoms with van der Waals surface area (Å²) < 4.78 is 5.88. The molecule has 116 valence electrons. The fourth-order valence-corrected chi connectivity index (χ4v) is 3.32. The van der Waals surface area contributed by atoms with Gasteiger partial charge in [-0.3, -0.25) is 0 Å². The van der Waals surface area contributed by atoms with Gasteiger partial charge in [-0.25, -0.2) is 4.79 Å². The molecule has 0 radical (unpaired) electrons. The van der Waals surface area contributed by atoms with E-state index >= 15 is 0 Å². The number of carbonyl (C=O) groups is 1. The lowest BCUT2D eigenvalue weighted by atomic mass is 9.75. The van der Waals surface area contributed by atoms with Gasteiger partial charge < -0.3 is 4.74 Å². The van der Waals surface area contributed by atoms with Crippen LogP contribution in [0.15, 0.2) is 18.2 Å². The molecule has 2 nitrogen and oxygen atoms in total. The van der Waals surface area contributed by atoms with Crippen molar-refractivity contribution in [2.45, 2.75) is 60.0 Å². The number of esters is 1. The Bertz CT molecular complexity index is 504. The molecule has 0 aromatic heterocycles. The van der Waals surface area contributed by atoms with E-state index in [1.54, 1.807) is 0 Å². The van der Waals surface area contributed by atoms with Gasteiger partial charge in [-0.05, 0) is 67.7 Å². The molecule has 0 spiro atoms. The van der Waals surface area contributed by atoms with Crippen molar-refractivity contribution in [2.75, 3.05) is 0 Å². The summed E-state index contributed by atoms with van der Waals surface area (Å²) in [5.74, 6) is 1.55. The van der Waals surface area contributed by atoms with Crippen LogP contribution in [0.3, 0.4) is 0 Å². The molecule has 2 heteroatoms. The maximum absolute atomic E-state index is 12.4. The van der Waals surface area contributed by atoms with E-state index in [9.17, 15) is 4.79 Å². The molecule has 21 heavy (non-hydrogen) atoms. The summed E-state index contributed by atoms with van der Waals surface area (Å²) >= 11 is 0. The molecular formula is C19H28O2. The second-order valence-corrected chi connectivity index (χ2v) is 7.07. The van der Waals surface area contributed by atoms with Crippen LogP contribution in [0.4, 0.5) is 0 Å². The molecule has 2 rings (SSSR count). The largest absolute Gasteiger partial charge is 0.458 e. The highest BCUT2D eigenvalue weighted by atomic mass is 16.5. The highest BCUT2D eigenvalue weighted by Crippen LogP contribution is 2.35. The minimum absolute atomic E-state index is 0.0721. The van der Waals surface area contributed by atoms with Crippen LogP contribution < -0.4 is 0 Å². The molecule has 0 heterocycles. The molecule has 3 atom stereocenters. The Labute approximate surface area is 128 Å². The van der Waals surface area contributed by atoms with Crippen LogP contribution in [0.2, 0.25) is 0 Å². The molecule has 1 saturated carbocycles. The second-order valence-electron chi connectivity index (χ2n) is 7.07. The number of hydrogen-bond acceptors (Lipinski definition) is 2. The van der Waals surface area contributed by atoms with Crippen LogP contribution in [0.1, 0.15) is 61.5 Å². The lowest BCUT2D eigenvalue weighted by Gasteiger charge is -2.36. The van der Waals surface area contributed by atoms with E-state index in [1.807, 2.05) is 25.1 Å². The van der Waals surface area contributed by atoms with Gasteiger partial charge in [0.1, 0.15) is 6.10 Å². The van der Waals surface area contributed by atoms with Crippen LogP contribution >= 0.6 is 0 Å². The summed E-state index contributed by atoms with van der Waals surface area (Å²) in [5, 5.41) is 0. The Balaban J connectivity index is 2.10. The van der Waals surface area contributed by atoms with Crippen molar-refractivity contribution in [3.8, 4) is 0 Å². The predicted octanol–water partition coefficient (Wildman–Crippen LogP) is 4.92. The zero-order valence-electron chi connectivity index (χ0n) is 14.0. The number of aryl methyl sites for hydroxylation is 2. The second kappa shape index (κ2) is 6.64. The molecule has 1 fully saturated rings. The van der Waals surface area contributed by atoms with Crippen LogP contribution in [-0.4, -0.2) is 12.1 Å². The minimum atomic E-state index is -0.164. The summed E-state index contributed by atoms with van der Waals surface area (Å²) in [4.78, 5) is 12.4. The third-order valence-corrected chi connectivity index (χ3v) is 4.96. The Morgan fingerprint density at radius 3 is 2.52 bits per heavy atom. The minimum Gasteiger partial charge on any atom is -0.458 e. The van der Waals surface area contributed by atoms with E-state index in [4.69, 9.17) is 4.74 Å². The van der Waals surface area contributed by atoms with E-state index in [0.29, 0.717) is 23.3 Å². The number of rotatable bonds is 3. The van der Waals surface area contributed by atoms with Crippen LogP contribution in [-0.2, 0) is 4.74 Å². The monoisotopic (exact) mass is 288 g/mol. The Kier molecular flexibility index (Phi) is 5.08. The van der Waals surface area contributed by atoms with E-state index in [0.717, 1.165) is 12.0 Å². The Morgan fingerprint density at radius 2 is 1.90 bits per heavy atom. The van der Waals surface area contributed by atoms with Crippen LogP contribution in [0.5, 0.6) is 0 Å². The van der Waals surface area contributed by atoms with Gasteiger partial charge in [0.25, 0.3) is 0 Å². The lowest BCUT2D eigenvalue weighted by molar-refractivity contribution is -0.0174. The molecule has 0 unspecified atom stereocenters. The maximum atomic E-state index is 12.4. The van der Waals surface area contributed by atoms with E-state index < -0.39 is 0 Å². The molecule has 1 aliphatic carbocycles. The SMILES string of the molecule is Cc1ccc(C(=O)O[C@H]2C[C@H](C)CC[C@@H]2C(C)C)cc1C. The highest BCUT2D eigenvalue weighted by molar-refractivity contribution is 5.89. The molecular weight excluding hydrogens is 260 g/mol. The molecule has 0 aliphatic heterocycles. The first-order valence-electron chi connectivity index (χ1n) is 8.16. The van der Waals surface area contributed by atoms with Crippen molar-refractivity contribution in [2.24, 2.45) is 17.8 Å². The average Bonchev–Trinajstić information content (AvgIpc) is 2.41. The Morgan fingerprint density at radius 1 is 1.19 bits per heavy atom. The standard InChI is InChI=1S/C19H28O2/c1-12(2)17-9-6-13(3)10-18(17)21-19(20)16-8-7-14(4)15(5)11-16/h7-8,11-13,17-18H,6,9-10H2,1-5H3/t13-,17-,18+/m1/s1. The smallest absolute Gasteiger partial charge is 0.338 e. The molecule has 0 saturated heterocycles. The maximum Gasteiger partial charge on any atom is 0.338 e. The summed E-state index contributed by atoms with van der Waals surface area (Å²) in [6.45, 7) is 10.8. The summed E-state index contributed by atoms with van der Waals surface area (Å²) in [5.41, 5.74) is 3.03. The number of ether oxygens (including phenoxy) is 1. The topological polar surface area (TPSA) is 26.3 Å². The van der Waals surface area contributed by atoms with Crippen molar-refractivity contribution in [1.82, 2.24) is 0 Å². The highest BCUT2D eigenvalue weighted by Gasteiger charge is 2.33. The van der Waals surface area contributed by atoms with Crippen molar-refractivity contribution in [3.05, 3.63) is 34.9 Å². The van der Waals surface area contributed by atoms with E-state index in [2.05, 4.69) is 27.7 Å². The average molecular weight is 288 g/mol. The first kappa shape index (κ1) is 16.1. The van der Waals surface area contributed by atoms with Gasteiger partial charge in [-0.2, -0.15) is 0 Å². The first-order chi connectivity index (χ1) is 9.88. The first-order valence-corrected chi connectivity index (χ1v) is 8.16. The van der Waals surface area contributed by atoms with Crippen LogP contribution in [0, 0.1) is 31.6 Å². The van der Waals surface area contributed by atoms with Gasteiger partial charge >= 0.3 is 5.97 Å². The quantitative estimate of drug-likeness (QED) is 0.738. The van der Waals surface area contributed by atoms with E-state index in [-0.39, 0.29) is 12.1 Å². The molecule has 0 amide bonds. The third kappa shape index (κ3) is 3.87. The zero-order valence-corrected chi connectivity index (χ0v) is 14.0. The fraction of sp³-hybridized carbons (Fsp3) is 0.632. The summed E-state index contributed by atoms with van der Waals surface area (Å²) in [7, 11) is 0. The number of carbonyl (C=O) groups excluding carboxylic acids is 1. The molecule has 0 bridgehead atoms. The van der Waals surface area contributed by atoms with Gasteiger partial charge in [-0.15, -0.1) is 0 Å². The van der Waals surface area contributed by atoms with E-state index in [1.165, 1.54) is 18.4 Å². The lowest BCUT2D eigenvalue weighted by Crippen LogP contribution is -2.35. The van der Waals surface area contributed by atoms with Gasteiger partial charge in [0.15, 0.2) is 0 Å². The van der Waals surface area contributed by atoms with Gasteiger partial charge in [0, 0.05) is 0 Å². The predicted molar refractivity (Wildman–Crippen MR) is 86.5 cm³/mol. The number of hydrogen-bond donors (Lipinski definition) is 0. The van der Waals surface area contributed by atoms with Gasteiger partial charge in [-0.1, -0.05) is 33.3 Å². The Hall–Kier alpha value is -1.31. The normalized spacial score (nSPS) is 25.9. The zero-order chi connectivity index (χ0) is 15.6. The molecule has 1 aromatic rings. The van der Waals surface area contributed by atoms with Crippen molar-refractivity contribution in [3.63, 3.8) is 0 Å². The summed E-state index contributed by atoms with van der Waals surface area (Å²) in [6, 6.07) is 5.81. The summed E-state index contributed by atoms with van der Waals surface area (Å²) in [6.07, 6.45) is 3.49. The molecule has 1 aromatic carbocycles.